The molecule has 0 atom stereocenters. The number of phenols is 1. The van der Waals surface area contributed by atoms with Crippen LogP contribution in [0, 0.1) is 0 Å². The second kappa shape index (κ2) is 9.84. The molecule has 3 rings (SSSR count). The number of carbonyl (C=O) groups is 1. The van der Waals surface area contributed by atoms with Crippen LogP contribution < -0.4 is 10.2 Å². The smallest absolute Gasteiger partial charge is 0.416 e. The zero-order chi connectivity index (χ0) is 21.6. The number of anilines is 1. The van der Waals surface area contributed by atoms with Crippen molar-refractivity contribution in [2.45, 2.75) is 19.0 Å². The van der Waals surface area contributed by atoms with Crippen LogP contribution >= 0.6 is 0 Å². The van der Waals surface area contributed by atoms with Gasteiger partial charge >= 0.3 is 6.18 Å². The van der Waals surface area contributed by atoms with Gasteiger partial charge in [-0.05, 0) is 37.2 Å². The van der Waals surface area contributed by atoms with Crippen LogP contribution in [0.25, 0.3) is 0 Å². The molecule has 2 aromatic carbocycles. The summed E-state index contributed by atoms with van der Waals surface area (Å²) in [6.45, 7) is 4.22. The molecule has 1 saturated heterocycles. The van der Waals surface area contributed by atoms with Crippen molar-refractivity contribution in [2.75, 3.05) is 44.2 Å². The molecule has 2 aromatic rings. The maximum Gasteiger partial charge on any atom is 0.416 e. The van der Waals surface area contributed by atoms with Crippen LogP contribution in [-0.4, -0.2) is 55.2 Å². The molecule has 8 heteroatoms. The van der Waals surface area contributed by atoms with Crippen LogP contribution in [0.4, 0.5) is 18.9 Å². The Bertz CT molecular complexity index is 850. The Morgan fingerprint density at radius 2 is 1.77 bits per heavy atom. The minimum Gasteiger partial charge on any atom is -0.508 e. The summed E-state index contributed by atoms with van der Waals surface area (Å²) in [6.07, 6.45) is -3.40. The lowest BCUT2D eigenvalue weighted by atomic mass is 10.1. The molecule has 1 aliphatic heterocycles. The summed E-state index contributed by atoms with van der Waals surface area (Å²) in [5.41, 5.74) is 0.573. The molecule has 30 heavy (non-hydrogen) atoms. The number of amides is 1. The average molecular weight is 421 g/mol. The third kappa shape index (κ3) is 6.13. The number of hydrogen-bond donors (Lipinski definition) is 2. The number of para-hydroxylation sites is 1. The van der Waals surface area contributed by atoms with Crippen LogP contribution in [0.1, 0.15) is 17.5 Å². The summed E-state index contributed by atoms with van der Waals surface area (Å²) in [4.78, 5) is 16.2. The second-order valence-corrected chi connectivity index (χ2v) is 7.39. The fraction of sp³-hybridized carbons (Fsp3) is 0.409. The lowest BCUT2D eigenvalue weighted by Gasteiger charge is -2.36. The maximum atomic E-state index is 12.9. The van der Waals surface area contributed by atoms with E-state index in [0.29, 0.717) is 30.9 Å². The number of benzene rings is 2. The van der Waals surface area contributed by atoms with E-state index >= 15 is 0 Å². The molecular formula is C22H26F3N3O2. The minimum absolute atomic E-state index is 0.117. The van der Waals surface area contributed by atoms with Gasteiger partial charge in [0.2, 0.25) is 5.91 Å². The number of carbonyl (C=O) groups excluding carboxylic acids is 1. The number of piperazine rings is 1. The summed E-state index contributed by atoms with van der Waals surface area (Å²) in [5, 5.41) is 12.6. The van der Waals surface area contributed by atoms with Crippen LogP contribution in [0.5, 0.6) is 5.75 Å². The number of nitrogens with zero attached hydrogens (tertiary/aromatic N) is 2. The summed E-state index contributed by atoms with van der Waals surface area (Å²) in [7, 11) is 0. The van der Waals surface area contributed by atoms with Crippen molar-refractivity contribution in [2.24, 2.45) is 0 Å². The Morgan fingerprint density at radius 3 is 2.47 bits per heavy atom. The highest BCUT2D eigenvalue weighted by molar-refractivity contribution is 5.79. The third-order valence-electron chi connectivity index (χ3n) is 5.23. The van der Waals surface area contributed by atoms with Gasteiger partial charge in [0, 0.05) is 44.0 Å². The zero-order valence-electron chi connectivity index (χ0n) is 16.7. The molecule has 0 unspecified atom stereocenters. The molecular weight excluding hydrogens is 395 g/mol. The fourth-order valence-electron chi connectivity index (χ4n) is 3.53. The van der Waals surface area contributed by atoms with E-state index in [4.69, 9.17) is 0 Å². The Labute approximate surface area is 174 Å². The third-order valence-corrected chi connectivity index (χ3v) is 5.23. The second-order valence-electron chi connectivity index (χ2n) is 7.39. The average Bonchev–Trinajstić information content (AvgIpc) is 2.73. The Kier molecular flexibility index (Phi) is 7.20. The fourth-order valence-corrected chi connectivity index (χ4v) is 3.53. The van der Waals surface area contributed by atoms with E-state index < -0.39 is 11.7 Å². The molecule has 1 amide bonds. The predicted octanol–water partition coefficient (Wildman–Crippen LogP) is 3.28. The van der Waals surface area contributed by atoms with Gasteiger partial charge in [-0.1, -0.05) is 24.3 Å². The molecule has 0 aromatic heterocycles. The van der Waals surface area contributed by atoms with Crippen LogP contribution in [0.15, 0.2) is 48.5 Å². The first-order valence-corrected chi connectivity index (χ1v) is 10.0. The van der Waals surface area contributed by atoms with Crippen LogP contribution in [0.2, 0.25) is 0 Å². The van der Waals surface area contributed by atoms with E-state index in [1.54, 1.807) is 30.3 Å². The molecule has 162 valence electrons. The summed E-state index contributed by atoms with van der Waals surface area (Å²) in [5.74, 6) is -0.0165. The molecule has 1 fully saturated rings. The molecule has 5 nitrogen and oxygen atoms in total. The van der Waals surface area contributed by atoms with E-state index in [9.17, 15) is 23.1 Å². The minimum atomic E-state index is -4.33. The van der Waals surface area contributed by atoms with Gasteiger partial charge in [0.25, 0.3) is 0 Å². The van der Waals surface area contributed by atoms with Gasteiger partial charge in [0.1, 0.15) is 5.75 Å². The Balaban J connectivity index is 1.36. The van der Waals surface area contributed by atoms with Crippen LogP contribution in [0.3, 0.4) is 0 Å². The number of halogens is 3. The van der Waals surface area contributed by atoms with Crippen molar-refractivity contribution >= 4 is 11.6 Å². The highest BCUT2D eigenvalue weighted by atomic mass is 19.4. The highest BCUT2D eigenvalue weighted by Gasteiger charge is 2.31. The summed E-state index contributed by atoms with van der Waals surface area (Å²) < 4.78 is 38.7. The number of hydrogen-bond acceptors (Lipinski definition) is 4. The molecule has 0 spiro atoms. The maximum absolute atomic E-state index is 12.9. The van der Waals surface area contributed by atoms with Gasteiger partial charge in [-0.3, -0.25) is 9.69 Å². The SMILES string of the molecule is O=C(Cc1ccccc1O)NCCCN1CCN(c2cccc(C(F)(F)F)c2)CC1. The Hall–Kier alpha value is -2.74. The first kappa shape index (κ1) is 22.0. The summed E-state index contributed by atoms with van der Waals surface area (Å²) >= 11 is 0. The number of alkyl halides is 3. The monoisotopic (exact) mass is 421 g/mol. The van der Waals surface area contributed by atoms with E-state index in [1.165, 1.54) is 12.1 Å². The number of nitrogens with one attached hydrogen (secondary N) is 1. The number of phenolic OH excluding ortho intramolecular Hbond substituents is 1. The van der Waals surface area contributed by atoms with Gasteiger partial charge in [0.15, 0.2) is 0 Å². The van der Waals surface area contributed by atoms with Crippen molar-refractivity contribution in [3.05, 3.63) is 59.7 Å². The first-order valence-electron chi connectivity index (χ1n) is 10.0. The number of aromatic hydroxyl groups is 1. The topological polar surface area (TPSA) is 55.8 Å². The van der Waals surface area contributed by atoms with E-state index in [0.717, 1.165) is 32.1 Å². The molecule has 0 radical (unpaired) electrons. The quantitative estimate of drug-likeness (QED) is 0.674. The zero-order valence-corrected chi connectivity index (χ0v) is 16.7. The van der Waals surface area contributed by atoms with E-state index in [-0.39, 0.29) is 18.1 Å². The molecule has 0 saturated carbocycles. The van der Waals surface area contributed by atoms with Crippen molar-refractivity contribution in [3.63, 3.8) is 0 Å². The van der Waals surface area contributed by atoms with Gasteiger partial charge in [-0.25, -0.2) is 0 Å². The van der Waals surface area contributed by atoms with Crippen molar-refractivity contribution in [1.29, 1.82) is 0 Å². The van der Waals surface area contributed by atoms with Gasteiger partial charge in [-0.2, -0.15) is 13.2 Å². The predicted molar refractivity (Wildman–Crippen MR) is 110 cm³/mol. The standard InChI is InChI=1S/C22H26F3N3O2/c23-22(24,25)18-6-3-7-19(16-18)28-13-11-27(12-14-28)10-4-9-26-21(30)15-17-5-1-2-8-20(17)29/h1-3,5-8,16,29H,4,9-15H2,(H,26,30). The normalized spacial score (nSPS) is 15.2. The molecule has 0 bridgehead atoms. The van der Waals surface area contributed by atoms with Crippen LogP contribution in [-0.2, 0) is 17.4 Å². The highest BCUT2D eigenvalue weighted by Crippen LogP contribution is 2.31. The largest absolute Gasteiger partial charge is 0.508 e. The summed E-state index contributed by atoms with van der Waals surface area (Å²) in [6, 6.07) is 12.2. The van der Waals surface area contributed by atoms with E-state index in [2.05, 4.69) is 10.2 Å². The number of rotatable bonds is 7. The molecule has 1 aliphatic rings. The van der Waals surface area contributed by atoms with Gasteiger partial charge < -0.3 is 15.3 Å². The van der Waals surface area contributed by atoms with Crippen molar-refractivity contribution in [3.8, 4) is 5.75 Å². The molecule has 2 N–H and O–H groups in total. The molecule has 0 aliphatic carbocycles. The first-order chi connectivity index (χ1) is 14.3. The van der Waals surface area contributed by atoms with Gasteiger partial charge in [-0.15, -0.1) is 0 Å². The van der Waals surface area contributed by atoms with Gasteiger partial charge in [0.05, 0.1) is 12.0 Å². The Morgan fingerprint density at radius 1 is 1.03 bits per heavy atom. The van der Waals surface area contributed by atoms with Crippen molar-refractivity contribution in [1.82, 2.24) is 10.2 Å². The molecule has 1 heterocycles. The lowest BCUT2D eigenvalue weighted by molar-refractivity contribution is -0.137. The lowest BCUT2D eigenvalue weighted by Crippen LogP contribution is -2.47. The van der Waals surface area contributed by atoms with Crippen molar-refractivity contribution < 1.29 is 23.1 Å². The van der Waals surface area contributed by atoms with E-state index in [1.807, 2.05) is 4.90 Å².